The van der Waals surface area contributed by atoms with Crippen LogP contribution in [-0.4, -0.2) is 23.0 Å². The van der Waals surface area contributed by atoms with E-state index < -0.39 is 18.1 Å². The Morgan fingerprint density at radius 1 is 1.50 bits per heavy atom. The van der Waals surface area contributed by atoms with Crippen LogP contribution in [0.4, 0.5) is 8.78 Å². The highest BCUT2D eigenvalue weighted by Gasteiger charge is 2.29. The van der Waals surface area contributed by atoms with Gasteiger partial charge in [0.2, 0.25) is 0 Å². The van der Waals surface area contributed by atoms with Gasteiger partial charge in [-0.1, -0.05) is 31.3 Å². The van der Waals surface area contributed by atoms with E-state index in [0.29, 0.717) is 6.42 Å². The van der Waals surface area contributed by atoms with Crippen molar-refractivity contribution in [1.82, 2.24) is 5.32 Å². The Kier molecular flexibility index (Phi) is 5.38. The van der Waals surface area contributed by atoms with E-state index in [1.54, 1.807) is 19.9 Å². The molecule has 0 fully saturated rings. The quantitative estimate of drug-likeness (QED) is 0.792. The molecule has 0 aliphatic carbocycles. The maximum atomic E-state index is 12.3. The third-order valence-electron chi connectivity index (χ3n) is 2.99. The third kappa shape index (κ3) is 3.86. The summed E-state index contributed by atoms with van der Waals surface area (Å²) in [6, 6.07) is 5.74. The van der Waals surface area contributed by atoms with Gasteiger partial charge in [-0.2, -0.15) is 8.78 Å². The molecule has 0 spiro atoms. The first-order valence-corrected chi connectivity index (χ1v) is 6.37. The van der Waals surface area contributed by atoms with E-state index >= 15 is 0 Å². The van der Waals surface area contributed by atoms with Crippen LogP contribution in [0.5, 0.6) is 5.75 Å². The van der Waals surface area contributed by atoms with Crippen LogP contribution in [0.3, 0.4) is 0 Å². The lowest BCUT2D eigenvalue weighted by Crippen LogP contribution is -2.54. The Morgan fingerprint density at radius 2 is 2.10 bits per heavy atom. The van der Waals surface area contributed by atoms with Crippen molar-refractivity contribution in [3.63, 3.8) is 0 Å². The average molecular weight is 302 g/mol. The fraction of sp³-hybridized carbons (Fsp3) is 0.385. The molecule has 0 aliphatic heterocycles. The molecule has 1 rings (SSSR count). The smallest absolute Gasteiger partial charge is 0.387 e. The monoisotopic (exact) mass is 302 g/mol. The van der Waals surface area contributed by atoms with Crippen LogP contribution >= 0.6 is 12.2 Å². The van der Waals surface area contributed by atoms with Crippen LogP contribution in [0.1, 0.15) is 30.6 Å². The number of hydrogen-bond donors (Lipinski definition) is 2. The van der Waals surface area contributed by atoms with E-state index in [1.165, 1.54) is 18.2 Å². The predicted octanol–water partition coefficient (Wildman–Crippen LogP) is 2.47. The average Bonchev–Trinajstić information content (AvgIpc) is 2.38. The number of ether oxygens (including phenoxy) is 1. The molecule has 1 aromatic rings. The van der Waals surface area contributed by atoms with Crippen LogP contribution in [0, 0.1) is 0 Å². The van der Waals surface area contributed by atoms with E-state index in [2.05, 4.69) is 10.1 Å². The van der Waals surface area contributed by atoms with Crippen molar-refractivity contribution in [1.29, 1.82) is 0 Å². The molecular weight excluding hydrogens is 286 g/mol. The first-order chi connectivity index (χ1) is 9.30. The van der Waals surface area contributed by atoms with Gasteiger partial charge in [0.1, 0.15) is 5.75 Å². The largest absolute Gasteiger partial charge is 0.434 e. The number of para-hydroxylation sites is 1. The van der Waals surface area contributed by atoms with Crippen molar-refractivity contribution in [3.05, 3.63) is 29.8 Å². The van der Waals surface area contributed by atoms with E-state index in [4.69, 9.17) is 18.0 Å². The zero-order valence-corrected chi connectivity index (χ0v) is 12.0. The van der Waals surface area contributed by atoms with E-state index in [1.807, 2.05) is 0 Å². The maximum absolute atomic E-state index is 12.3. The minimum Gasteiger partial charge on any atom is -0.434 e. The van der Waals surface area contributed by atoms with Crippen molar-refractivity contribution in [2.24, 2.45) is 5.73 Å². The van der Waals surface area contributed by atoms with Gasteiger partial charge >= 0.3 is 6.61 Å². The summed E-state index contributed by atoms with van der Waals surface area (Å²) in [4.78, 5) is 12.3. The lowest BCUT2D eigenvalue weighted by Gasteiger charge is -2.28. The van der Waals surface area contributed by atoms with Crippen LogP contribution < -0.4 is 15.8 Å². The molecule has 0 heterocycles. The number of benzene rings is 1. The highest BCUT2D eigenvalue weighted by atomic mass is 32.1. The number of thiocarbonyl (C=S) groups is 1. The van der Waals surface area contributed by atoms with Crippen molar-refractivity contribution >= 4 is 23.1 Å². The molecule has 1 aromatic carbocycles. The Morgan fingerprint density at radius 3 is 2.60 bits per heavy atom. The second-order valence-electron chi connectivity index (χ2n) is 4.38. The van der Waals surface area contributed by atoms with Gasteiger partial charge in [0.25, 0.3) is 5.91 Å². The summed E-state index contributed by atoms with van der Waals surface area (Å²) >= 11 is 4.91. The Balaban J connectivity index is 3.01. The number of rotatable bonds is 6. The van der Waals surface area contributed by atoms with E-state index in [-0.39, 0.29) is 16.3 Å². The van der Waals surface area contributed by atoms with Gasteiger partial charge in [0.15, 0.2) is 0 Å². The molecule has 1 atom stereocenters. The number of halogens is 2. The molecule has 0 aromatic heterocycles. The minimum atomic E-state index is -3.00. The van der Waals surface area contributed by atoms with Crippen LogP contribution in [0.2, 0.25) is 0 Å². The Labute approximate surface area is 121 Å². The molecule has 0 saturated heterocycles. The van der Waals surface area contributed by atoms with Gasteiger partial charge < -0.3 is 15.8 Å². The van der Waals surface area contributed by atoms with Crippen molar-refractivity contribution in [3.8, 4) is 5.75 Å². The van der Waals surface area contributed by atoms with Crippen molar-refractivity contribution < 1.29 is 18.3 Å². The second-order valence-corrected chi connectivity index (χ2v) is 4.82. The number of alkyl halides is 2. The zero-order valence-electron chi connectivity index (χ0n) is 11.2. The topological polar surface area (TPSA) is 64.3 Å². The molecule has 0 bridgehead atoms. The molecule has 1 unspecified atom stereocenters. The predicted molar refractivity (Wildman–Crippen MR) is 76.0 cm³/mol. The molecular formula is C13H16F2N2O2S. The summed E-state index contributed by atoms with van der Waals surface area (Å²) < 4.78 is 28.9. The Bertz CT molecular complexity index is 511. The summed E-state index contributed by atoms with van der Waals surface area (Å²) in [7, 11) is 0. The number of hydrogen-bond acceptors (Lipinski definition) is 3. The molecule has 20 heavy (non-hydrogen) atoms. The molecule has 110 valence electrons. The number of nitrogens with one attached hydrogen (secondary N) is 1. The summed E-state index contributed by atoms with van der Waals surface area (Å²) in [6.45, 7) is 0.474. The van der Waals surface area contributed by atoms with Crippen LogP contribution in [0.25, 0.3) is 0 Å². The zero-order chi connectivity index (χ0) is 15.3. The highest BCUT2D eigenvalue weighted by molar-refractivity contribution is 7.80. The fourth-order valence-electron chi connectivity index (χ4n) is 1.50. The summed E-state index contributed by atoms with van der Waals surface area (Å²) in [5.41, 5.74) is 4.71. The van der Waals surface area contributed by atoms with Gasteiger partial charge in [-0.3, -0.25) is 4.79 Å². The first-order valence-electron chi connectivity index (χ1n) is 5.96. The van der Waals surface area contributed by atoms with Gasteiger partial charge in [-0.25, -0.2) is 0 Å². The molecule has 7 heteroatoms. The maximum Gasteiger partial charge on any atom is 0.387 e. The molecule has 0 aliphatic rings. The van der Waals surface area contributed by atoms with Gasteiger partial charge in [-0.05, 0) is 25.5 Å². The highest BCUT2D eigenvalue weighted by Crippen LogP contribution is 2.21. The van der Waals surface area contributed by atoms with Crippen molar-refractivity contribution in [2.75, 3.05) is 0 Å². The fourth-order valence-corrected chi connectivity index (χ4v) is 1.69. The lowest BCUT2D eigenvalue weighted by atomic mass is 9.98. The minimum absolute atomic E-state index is 0.00345. The van der Waals surface area contributed by atoms with Crippen LogP contribution in [0.15, 0.2) is 24.3 Å². The lowest BCUT2D eigenvalue weighted by molar-refractivity contribution is -0.0501. The SMILES string of the molecule is CCC(C)(NC(=O)c1ccccc1OC(F)F)C(N)=S. The van der Waals surface area contributed by atoms with Crippen LogP contribution in [-0.2, 0) is 0 Å². The molecule has 1 amide bonds. The molecule has 3 N–H and O–H groups in total. The second kappa shape index (κ2) is 6.60. The third-order valence-corrected chi connectivity index (χ3v) is 3.44. The normalized spacial score (nSPS) is 13.7. The Hall–Kier alpha value is -1.76. The summed E-state index contributed by atoms with van der Waals surface area (Å²) in [5.74, 6) is -0.764. The van der Waals surface area contributed by atoms with E-state index in [9.17, 15) is 13.6 Å². The number of carbonyl (C=O) groups excluding carboxylic acids is 1. The first kappa shape index (κ1) is 16.3. The number of carbonyl (C=O) groups is 1. The van der Waals surface area contributed by atoms with Crippen molar-refractivity contribution in [2.45, 2.75) is 32.4 Å². The van der Waals surface area contributed by atoms with Gasteiger partial charge in [0.05, 0.1) is 16.1 Å². The van der Waals surface area contributed by atoms with Gasteiger partial charge in [-0.15, -0.1) is 0 Å². The number of amides is 1. The number of nitrogens with two attached hydrogens (primary N) is 1. The summed E-state index contributed by atoms with van der Waals surface area (Å²) in [5, 5.41) is 2.64. The molecule has 4 nitrogen and oxygen atoms in total. The standard InChI is InChI=1S/C13H16F2N2O2S/c1-3-13(2,11(16)20)17-10(18)8-6-4-5-7-9(8)19-12(14)15/h4-7,12H,3H2,1-2H3,(H2,16,20)(H,17,18). The molecule has 0 radical (unpaired) electrons. The summed E-state index contributed by atoms with van der Waals surface area (Å²) in [6.07, 6.45) is 0.478. The molecule has 0 saturated carbocycles. The van der Waals surface area contributed by atoms with E-state index in [0.717, 1.165) is 0 Å². The van der Waals surface area contributed by atoms with Gasteiger partial charge in [0, 0.05) is 0 Å².